The SMILES string of the molecule is CC1CCC(N(C)c2cc(N)ccc2C(=O)O)CC1. The van der Waals surface area contributed by atoms with Crippen molar-refractivity contribution in [1.82, 2.24) is 0 Å². The molecule has 1 aromatic carbocycles. The van der Waals surface area contributed by atoms with Crippen LogP contribution in [0.3, 0.4) is 0 Å². The van der Waals surface area contributed by atoms with Gasteiger partial charge in [-0.25, -0.2) is 4.79 Å². The van der Waals surface area contributed by atoms with Crippen LogP contribution in [0.4, 0.5) is 11.4 Å². The number of carboxylic acid groups (broad SMARTS) is 1. The van der Waals surface area contributed by atoms with E-state index in [4.69, 9.17) is 5.73 Å². The van der Waals surface area contributed by atoms with Crippen LogP contribution in [0.2, 0.25) is 0 Å². The zero-order valence-electron chi connectivity index (χ0n) is 11.6. The molecular weight excluding hydrogens is 240 g/mol. The Balaban J connectivity index is 2.25. The first-order chi connectivity index (χ1) is 8.99. The lowest BCUT2D eigenvalue weighted by atomic mass is 9.86. The van der Waals surface area contributed by atoms with Crippen molar-refractivity contribution in [2.45, 2.75) is 38.6 Å². The van der Waals surface area contributed by atoms with Crippen molar-refractivity contribution < 1.29 is 9.90 Å². The van der Waals surface area contributed by atoms with E-state index in [0.29, 0.717) is 17.3 Å². The second-order valence-corrected chi connectivity index (χ2v) is 5.61. The van der Waals surface area contributed by atoms with E-state index < -0.39 is 5.97 Å². The number of aromatic carboxylic acids is 1. The maximum atomic E-state index is 11.3. The van der Waals surface area contributed by atoms with Gasteiger partial charge in [-0.15, -0.1) is 0 Å². The Hall–Kier alpha value is -1.71. The first kappa shape index (κ1) is 13.7. The second-order valence-electron chi connectivity index (χ2n) is 5.61. The smallest absolute Gasteiger partial charge is 0.337 e. The lowest BCUT2D eigenvalue weighted by Crippen LogP contribution is -2.35. The van der Waals surface area contributed by atoms with Crippen LogP contribution < -0.4 is 10.6 Å². The molecule has 4 nitrogen and oxygen atoms in total. The summed E-state index contributed by atoms with van der Waals surface area (Å²) in [5, 5.41) is 9.28. The highest BCUT2D eigenvalue weighted by molar-refractivity contribution is 5.95. The number of nitrogens with zero attached hydrogens (tertiary/aromatic N) is 1. The normalized spacial score (nSPS) is 23.1. The molecule has 1 aliphatic carbocycles. The minimum atomic E-state index is -0.897. The number of benzene rings is 1. The molecule has 19 heavy (non-hydrogen) atoms. The molecule has 0 atom stereocenters. The highest BCUT2D eigenvalue weighted by Gasteiger charge is 2.24. The van der Waals surface area contributed by atoms with Crippen molar-refractivity contribution in [1.29, 1.82) is 0 Å². The monoisotopic (exact) mass is 262 g/mol. The van der Waals surface area contributed by atoms with E-state index in [2.05, 4.69) is 11.8 Å². The maximum Gasteiger partial charge on any atom is 0.337 e. The summed E-state index contributed by atoms with van der Waals surface area (Å²) in [6.07, 6.45) is 4.65. The van der Waals surface area contributed by atoms with Crippen molar-refractivity contribution in [3.05, 3.63) is 23.8 Å². The van der Waals surface area contributed by atoms with Crippen LogP contribution in [0.5, 0.6) is 0 Å². The van der Waals surface area contributed by atoms with Crippen LogP contribution in [0.25, 0.3) is 0 Å². The van der Waals surface area contributed by atoms with Gasteiger partial charge in [-0.05, 0) is 49.8 Å². The van der Waals surface area contributed by atoms with Crippen LogP contribution in [-0.2, 0) is 0 Å². The highest BCUT2D eigenvalue weighted by atomic mass is 16.4. The molecule has 0 spiro atoms. The van der Waals surface area contributed by atoms with Gasteiger partial charge in [0.05, 0.1) is 11.3 Å². The topological polar surface area (TPSA) is 66.6 Å². The Kier molecular flexibility index (Phi) is 3.98. The van der Waals surface area contributed by atoms with Gasteiger partial charge in [0.25, 0.3) is 0 Å². The molecule has 0 aliphatic heterocycles. The minimum Gasteiger partial charge on any atom is -0.478 e. The number of nitrogen functional groups attached to an aromatic ring is 1. The molecule has 0 radical (unpaired) electrons. The fourth-order valence-electron chi connectivity index (χ4n) is 2.85. The summed E-state index contributed by atoms with van der Waals surface area (Å²) in [5.41, 5.74) is 7.46. The zero-order valence-corrected chi connectivity index (χ0v) is 11.6. The first-order valence-electron chi connectivity index (χ1n) is 6.84. The maximum absolute atomic E-state index is 11.3. The molecule has 0 amide bonds. The van der Waals surface area contributed by atoms with E-state index in [0.717, 1.165) is 24.4 Å². The fraction of sp³-hybridized carbons (Fsp3) is 0.533. The van der Waals surface area contributed by atoms with Gasteiger partial charge in [0.1, 0.15) is 0 Å². The predicted molar refractivity (Wildman–Crippen MR) is 77.6 cm³/mol. The average Bonchev–Trinajstić information content (AvgIpc) is 2.38. The number of rotatable bonds is 3. The van der Waals surface area contributed by atoms with Crippen molar-refractivity contribution in [2.75, 3.05) is 17.7 Å². The van der Waals surface area contributed by atoms with Crippen LogP contribution in [-0.4, -0.2) is 24.2 Å². The number of carboxylic acids is 1. The third-order valence-corrected chi connectivity index (χ3v) is 4.17. The Morgan fingerprint density at radius 1 is 1.32 bits per heavy atom. The van der Waals surface area contributed by atoms with Gasteiger partial charge in [0, 0.05) is 18.8 Å². The summed E-state index contributed by atoms with van der Waals surface area (Å²) < 4.78 is 0. The first-order valence-corrected chi connectivity index (χ1v) is 6.84. The zero-order chi connectivity index (χ0) is 14.0. The van der Waals surface area contributed by atoms with Crippen LogP contribution in [0.15, 0.2) is 18.2 Å². The quantitative estimate of drug-likeness (QED) is 0.822. The third-order valence-electron chi connectivity index (χ3n) is 4.17. The minimum absolute atomic E-state index is 0.329. The van der Waals surface area contributed by atoms with Gasteiger partial charge in [-0.2, -0.15) is 0 Å². The standard InChI is InChI=1S/C15H22N2O2/c1-10-3-6-12(7-4-10)17(2)14-9-11(16)5-8-13(14)15(18)19/h5,8-10,12H,3-4,6-7,16H2,1-2H3,(H,18,19). The summed E-state index contributed by atoms with van der Waals surface area (Å²) >= 11 is 0. The van der Waals surface area contributed by atoms with E-state index in [9.17, 15) is 9.90 Å². The Morgan fingerprint density at radius 2 is 1.95 bits per heavy atom. The average molecular weight is 262 g/mol. The fourth-order valence-corrected chi connectivity index (χ4v) is 2.85. The van der Waals surface area contributed by atoms with Crippen molar-refractivity contribution >= 4 is 17.3 Å². The van der Waals surface area contributed by atoms with Gasteiger partial charge in [0.15, 0.2) is 0 Å². The highest BCUT2D eigenvalue weighted by Crippen LogP contribution is 2.31. The summed E-state index contributed by atoms with van der Waals surface area (Å²) in [5.74, 6) is -0.115. The van der Waals surface area contributed by atoms with Crippen LogP contribution in [0, 0.1) is 5.92 Å². The molecule has 0 bridgehead atoms. The van der Waals surface area contributed by atoms with Crippen LogP contribution >= 0.6 is 0 Å². The number of anilines is 2. The molecule has 104 valence electrons. The van der Waals surface area contributed by atoms with Crippen molar-refractivity contribution in [3.63, 3.8) is 0 Å². The molecular formula is C15H22N2O2. The van der Waals surface area contributed by atoms with E-state index in [-0.39, 0.29) is 0 Å². The molecule has 3 N–H and O–H groups in total. The van der Waals surface area contributed by atoms with Gasteiger partial charge < -0.3 is 15.7 Å². The van der Waals surface area contributed by atoms with Crippen LogP contribution in [0.1, 0.15) is 43.0 Å². The molecule has 0 aromatic heterocycles. The number of hydrogen-bond donors (Lipinski definition) is 2. The summed E-state index contributed by atoms with van der Waals surface area (Å²) in [4.78, 5) is 13.4. The molecule has 1 aromatic rings. The second kappa shape index (κ2) is 5.51. The molecule has 0 unspecified atom stereocenters. The Bertz CT molecular complexity index is 465. The molecule has 1 saturated carbocycles. The number of carbonyl (C=O) groups is 1. The molecule has 0 saturated heterocycles. The van der Waals surface area contributed by atoms with Crippen molar-refractivity contribution in [2.24, 2.45) is 5.92 Å². The van der Waals surface area contributed by atoms with E-state index in [1.54, 1.807) is 18.2 Å². The van der Waals surface area contributed by atoms with Gasteiger partial charge in [-0.3, -0.25) is 0 Å². The van der Waals surface area contributed by atoms with E-state index in [1.807, 2.05) is 7.05 Å². The molecule has 0 heterocycles. The summed E-state index contributed by atoms with van der Waals surface area (Å²) in [7, 11) is 1.97. The Morgan fingerprint density at radius 3 is 2.53 bits per heavy atom. The molecule has 1 aliphatic rings. The molecule has 4 heteroatoms. The van der Waals surface area contributed by atoms with Crippen molar-refractivity contribution in [3.8, 4) is 0 Å². The van der Waals surface area contributed by atoms with Gasteiger partial charge in [-0.1, -0.05) is 6.92 Å². The molecule has 2 rings (SSSR count). The third kappa shape index (κ3) is 3.00. The van der Waals surface area contributed by atoms with E-state index >= 15 is 0 Å². The predicted octanol–water partition coefficient (Wildman–Crippen LogP) is 2.98. The largest absolute Gasteiger partial charge is 0.478 e. The van der Waals surface area contributed by atoms with Gasteiger partial charge >= 0.3 is 5.97 Å². The summed E-state index contributed by atoms with van der Waals surface area (Å²) in [6.45, 7) is 2.28. The summed E-state index contributed by atoms with van der Waals surface area (Å²) in [6, 6.07) is 5.41. The Labute approximate surface area is 114 Å². The number of hydrogen-bond acceptors (Lipinski definition) is 3. The lowest BCUT2D eigenvalue weighted by molar-refractivity contribution is 0.0697. The van der Waals surface area contributed by atoms with Gasteiger partial charge in [0.2, 0.25) is 0 Å². The van der Waals surface area contributed by atoms with E-state index in [1.165, 1.54) is 12.8 Å². The lowest BCUT2D eigenvalue weighted by Gasteiger charge is -2.35. The number of nitrogens with two attached hydrogens (primary N) is 1. The molecule has 1 fully saturated rings.